The second-order valence-corrected chi connectivity index (χ2v) is 8.87. The van der Waals surface area contributed by atoms with Crippen molar-refractivity contribution in [2.24, 2.45) is 4.99 Å². The van der Waals surface area contributed by atoms with Gasteiger partial charge in [-0.1, -0.05) is 35.9 Å². The highest BCUT2D eigenvalue weighted by Gasteiger charge is 2.10. The number of aromatic nitrogens is 3. The molecule has 2 aromatic heterocycles. The van der Waals surface area contributed by atoms with Crippen LogP contribution in [0.15, 0.2) is 88.0 Å². The molecule has 0 saturated heterocycles. The smallest absolute Gasteiger partial charge is 0.265 e. The highest BCUT2D eigenvalue weighted by molar-refractivity contribution is 7.07. The van der Waals surface area contributed by atoms with E-state index in [4.69, 9.17) is 16.6 Å². The van der Waals surface area contributed by atoms with E-state index >= 15 is 0 Å². The summed E-state index contributed by atoms with van der Waals surface area (Å²) in [5.41, 5.74) is 4.45. The minimum absolute atomic E-state index is 0.0718. The van der Waals surface area contributed by atoms with Crippen molar-refractivity contribution >= 4 is 39.5 Å². The van der Waals surface area contributed by atoms with Gasteiger partial charge in [0.2, 0.25) is 0 Å². The van der Waals surface area contributed by atoms with Crippen molar-refractivity contribution in [1.82, 2.24) is 14.1 Å². The van der Waals surface area contributed by atoms with Gasteiger partial charge >= 0.3 is 0 Å². The molecule has 164 valence electrons. The van der Waals surface area contributed by atoms with Gasteiger partial charge in [0.05, 0.1) is 28.0 Å². The molecular weight excluding hydrogens is 452 g/mol. The highest BCUT2D eigenvalue weighted by Crippen LogP contribution is 2.23. The summed E-state index contributed by atoms with van der Waals surface area (Å²) in [7, 11) is 0. The third kappa shape index (κ3) is 4.03. The molecule has 0 aliphatic heterocycles. The van der Waals surface area contributed by atoms with Gasteiger partial charge in [0.15, 0.2) is 4.80 Å². The van der Waals surface area contributed by atoms with Crippen LogP contribution in [0.25, 0.3) is 27.8 Å². The van der Waals surface area contributed by atoms with Crippen LogP contribution < -0.4 is 10.4 Å². The van der Waals surface area contributed by atoms with E-state index in [2.05, 4.69) is 21.9 Å². The van der Waals surface area contributed by atoms with Crippen molar-refractivity contribution in [2.75, 3.05) is 0 Å². The van der Waals surface area contributed by atoms with Gasteiger partial charge in [-0.3, -0.25) is 9.36 Å². The molecule has 33 heavy (non-hydrogen) atoms. The summed E-state index contributed by atoms with van der Waals surface area (Å²) in [6, 6.07) is 22.9. The summed E-state index contributed by atoms with van der Waals surface area (Å²) in [5, 5.41) is 3.44. The lowest BCUT2D eigenvalue weighted by Gasteiger charge is -2.11. The molecule has 0 aliphatic carbocycles. The van der Waals surface area contributed by atoms with Crippen molar-refractivity contribution in [3.8, 4) is 16.9 Å². The fourth-order valence-corrected chi connectivity index (χ4v) is 5.03. The van der Waals surface area contributed by atoms with Crippen LogP contribution in [0.5, 0.6) is 0 Å². The Morgan fingerprint density at radius 3 is 2.45 bits per heavy atom. The van der Waals surface area contributed by atoms with Gasteiger partial charge in [0.1, 0.15) is 5.82 Å². The second kappa shape index (κ2) is 8.81. The van der Waals surface area contributed by atoms with Crippen molar-refractivity contribution in [3.63, 3.8) is 0 Å². The number of fused-ring (bicyclic) bond motifs is 1. The first-order valence-electron chi connectivity index (χ1n) is 10.6. The average molecular weight is 473 g/mol. The number of nitrogens with zero attached hydrogens (tertiary/aromatic N) is 4. The fraction of sp³-hybridized carbons (Fsp3) is 0.115. The molecule has 0 bridgehead atoms. The molecule has 0 radical (unpaired) electrons. The SMILES string of the molecule is CCn1c(-c2ccc(Cl)cc2)csc1=Nc1ccc(-n2c(C)nc3ccccc3c2=O)cc1. The zero-order chi connectivity index (χ0) is 22.9. The maximum Gasteiger partial charge on any atom is 0.265 e. The van der Waals surface area contributed by atoms with Gasteiger partial charge in [-0.25, -0.2) is 9.98 Å². The van der Waals surface area contributed by atoms with Crippen LogP contribution in [-0.4, -0.2) is 14.1 Å². The lowest BCUT2D eigenvalue weighted by Crippen LogP contribution is -2.22. The van der Waals surface area contributed by atoms with E-state index in [1.807, 2.05) is 79.7 Å². The Balaban J connectivity index is 1.53. The van der Waals surface area contributed by atoms with Crippen LogP contribution in [0.3, 0.4) is 0 Å². The zero-order valence-electron chi connectivity index (χ0n) is 18.2. The largest absolute Gasteiger partial charge is 0.317 e. The van der Waals surface area contributed by atoms with E-state index in [9.17, 15) is 4.79 Å². The minimum atomic E-state index is -0.0718. The number of benzene rings is 3. The predicted molar refractivity (Wildman–Crippen MR) is 136 cm³/mol. The average Bonchev–Trinajstić information content (AvgIpc) is 3.23. The van der Waals surface area contributed by atoms with Gasteiger partial charge in [-0.15, -0.1) is 11.3 Å². The molecule has 0 unspecified atom stereocenters. The van der Waals surface area contributed by atoms with Gasteiger partial charge in [0, 0.05) is 16.9 Å². The summed E-state index contributed by atoms with van der Waals surface area (Å²) < 4.78 is 3.83. The van der Waals surface area contributed by atoms with Crippen LogP contribution in [0.2, 0.25) is 5.02 Å². The van der Waals surface area contributed by atoms with E-state index in [1.54, 1.807) is 15.9 Å². The third-order valence-electron chi connectivity index (χ3n) is 5.53. The third-order valence-corrected chi connectivity index (χ3v) is 6.65. The summed E-state index contributed by atoms with van der Waals surface area (Å²) in [6.45, 7) is 4.76. The monoisotopic (exact) mass is 472 g/mol. The van der Waals surface area contributed by atoms with Crippen LogP contribution in [0.4, 0.5) is 5.69 Å². The van der Waals surface area contributed by atoms with Crippen LogP contribution in [0, 0.1) is 6.92 Å². The molecule has 7 heteroatoms. The van der Waals surface area contributed by atoms with E-state index < -0.39 is 0 Å². The molecule has 3 aromatic carbocycles. The Labute approximate surface area is 199 Å². The summed E-state index contributed by atoms with van der Waals surface area (Å²) >= 11 is 7.64. The van der Waals surface area contributed by atoms with Crippen LogP contribution >= 0.6 is 22.9 Å². The Hall–Kier alpha value is -3.48. The molecular formula is C26H21ClN4OS. The molecule has 0 N–H and O–H groups in total. The number of para-hydroxylation sites is 1. The molecule has 5 rings (SSSR count). The number of halogens is 1. The van der Waals surface area contributed by atoms with Gasteiger partial charge in [-0.05, 0) is 67.9 Å². The number of rotatable bonds is 4. The van der Waals surface area contributed by atoms with E-state index in [1.165, 1.54) is 0 Å². The number of thiazole rings is 1. The molecule has 5 aromatic rings. The number of hydrogen-bond acceptors (Lipinski definition) is 4. The number of aryl methyl sites for hydroxylation is 1. The lowest BCUT2D eigenvalue weighted by atomic mass is 10.2. The van der Waals surface area contributed by atoms with Crippen molar-refractivity contribution in [2.45, 2.75) is 20.4 Å². The fourth-order valence-electron chi connectivity index (χ4n) is 3.91. The summed E-state index contributed by atoms with van der Waals surface area (Å²) in [4.78, 5) is 23.4. The van der Waals surface area contributed by atoms with Crippen LogP contribution in [0.1, 0.15) is 12.7 Å². The molecule has 0 fully saturated rings. The lowest BCUT2D eigenvalue weighted by molar-refractivity contribution is 0.745. The molecule has 0 aliphatic rings. The quantitative estimate of drug-likeness (QED) is 0.316. The first-order valence-corrected chi connectivity index (χ1v) is 11.9. The molecule has 5 nitrogen and oxygen atoms in total. The van der Waals surface area contributed by atoms with Gasteiger partial charge < -0.3 is 4.57 Å². The molecule has 0 amide bonds. The molecule has 0 saturated carbocycles. The van der Waals surface area contributed by atoms with E-state index in [-0.39, 0.29) is 5.56 Å². The maximum absolute atomic E-state index is 13.1. The summed E-state index contributed by atoms with van der Waals surface area (Å²) in [5.74, 6) is 0.651. The number of hydrogen-bond donors (Lipinski definition) is 0. The second-order valence-electron chi connectivity index (χ2n) is 7.60. The predicted octanol–water partition coefficient (Wildman–Crippen LogP) is 6.13. The van der Waals surface area contributed by atoms with Crippen molar-refractivity contribution in [3.05, 3.63) is 104 Å². The van der Waals surface area contributed by atoms with Crippen molar-refractivity contribution in [1.29, 1.82) is 0 Å². The Bertz CT molecular complexity index is 1580. The first-order chi connectivity index (χ1) is 16.0. The van der Waals surface area contributed by atoms with Crippen LogP contribution in [-0.2, 0) is 6.54 Å². The summed E-state index contributed by atoms with van der Waals surface area (Å²) in [6.07, 6.45) is 0. The molecule has 0 spiro atoms. The van der Waals surface area contributed by atoms with Gasteiger partial charge in [0.25, 0.3) is 5.56 Å². The van der Waals surface area contributed by atoms with Crippen molar-refractivity contribution < 1.29 is 0 Å². The first kappa shape index (κ1) is 21.4. The Kier molecular flexibility index (Phi) is 5.70. The standard InChI is InChI=1S/C26H21ClN4OS/c1-3-30-24(18-8-10-19(27)11-9-18)16-33-26(30)29-20-12-14-21(15-13-20)31-17(2)28-23-7-5-4-6-22(23)25(31)32/h4-16H,3H2,1-2H3. The van der Waals surface area contributed by atoms with Gasteiger partial charge in [-0.2, -0.15) is 0 Å². The topological polar surface area (TPSA) is 52.2 Å². The van der Waals surface area contributed by atoms with E-state index in [0.717, 1.165) is 39.0 Å². The minimum Gasteiger partial charge on any atom is -0.317 e. The highest BCUT2D eigenvalue weighted by atomic mass is 35.5. The Morgan fingerprint density at radius 2 is 1.73 bits per heavy atom. The molecule has 2 heterocycles. The molecule has 0 atom stereocenters. The zero-order valence-corrected chi connectivity index (χ0v) is 19.8. The van der Waals surface area contributed by atoms with E-state index in [0.29, 0.717) is 16.7 Å². The maximum atomic E-state index is 13.1. The normalized spacial score (nSPS) is 11.9. The Morgan fingerprint density at radius 1 is 1.00 bits per heavy atom.